The Morgan fingerprint density at radius 1 is 1.52 bits per heavy atom. The van der Waals surface area contributed by atoms with Gasteiger partial charge in [-0.15, -0.1) is 11.3 Å². The molecule has 0 unspecified atom stereocenters. The summed E-state index contributed by atoms with van der Waals surface area (Å²) in [6.45, 7) is 1.77. The molecule has 0 aromatic carbocycles. The van der Waals surface area contributed by atoms with Crippen LogP contribution in [0.5, 0.6) is 0 Å². The maximum Gasteiger partial charge on any atom is 0.320 e. The van der Waals surface area contributed by atoms with Gasteiger partial charge in [-0.3, -0.25) is 5.32 Å². The number of anilines is 1. The van der Waals surface area contributed by atoms with Crippen LogP contribution in [-0.2, 0) is 0 Å². The molecule has 0 radical (unpaired) electrons. The molecular weight excluding hydrogens is 304 g/mol. The molecule has 0 spiro atoms. The summed E-state index contributed by atoms with van der Waals surface area (Å²) in [4.78, 5) is 16.9. The zero-order valence-electron chi connectivity index (χ0n) is 11.4. The van der Waals surface area contributed by atoms with E-state index in [-0.39, 0.29) is 18.5 Å². The Morgan fingerprint density at radius 2 is 2.38 bits per heavy atom. The molecule has 0 fully saturated rings. The van der Waals surface area contributed by atoms with Crippen molar-refractivity contribution in [3.8, 4) is 6.07 Å². The number of hydrogen-bond donors (Lipinski definition) is 2. The molecule has 0 aliphatic carbocycles. The number of nitrogens with one attached hydrogen (secondary N) is 2. The Kier molecular flexibility index (Phi) is 5.60. The van der Waals surface area contributed by atoms with E-state index in [1.54, 1.807) is 42.3 Å². The largest absolute Gasteiger partial charge is 0.334 e. The average Bonchev–Trinajstić information content (AvgIpc) is 2.94. The summed E-state index contributed by atoms with van der Waals surface area (Å²) in [5, 5.41) is 15.9. The Hall–Kier alpha value is -2.04. The van der Waals surface area contributed by atoms with Gasteiger partial charge in [-0.05, 0) is 30.5 Å². The van der Waals surface area contributed by atoms with Gasteiger partial charge in [0.25, 0.3) is 0 Å². The molecule has 0 saturated carbocycles. The fourth-order valence-electron chi connectivity index (χ4n) is 1.52. The number of carbonyl (C=O) groups excluding carboxylic acids is 1. The second-order valence-corrected chi connectivity index (χ2v) is 6.60. The molecular formula is C14H14N4OS2. The van der Waals surface area contributed by atoms with Crippen molar-refractivity contribution in [2.45, 2.75) is 28.5 Å². The molecule has 0 bridgehead atoms. The number of hydrogen-bond acceptors (Lipinski definition) is 5. The monoisotopic (exact) mass is 318 g/mol. The number of thiophene rings is 1. The number of pyridine rings is 1. The van der Waals surface area contributed by atoms with Crippen molar-refractivity contribution in [2.24, 2.45) is 0 Å². The fraction of sp³-hybridized carbons (Fsp3) is 0.214. The van der Waals surface area contributed by atoms with Gasteiger partial charge in [-0.1, -0.05) is 17.8 Å². The molecule has 7 heteroatoms. The second kappa shape index (κ2) is 7.67. The summed E-state index contributed by atoms with van der Waals surface area (Å²) < 4.78 is 1.19. The molecule has 0 saturated heterocycles. The van der Waals surface area contributed by atoms with E-state index in [2.05, 4.69) is 15.6 Å². The average molecular weight is 318 g/mol. The van der Waals surface area contributed by atoms with Crippen molar-refractivity contribution < 1.29 is 4.79 Å². The molecule has 2 aromatic heterocycles. The normalized spacial score (nSPS) is 11.4. The van der Waals surface area contributed by atoms with Crippen LogP contribution in [0.4, 0.5) is 10.6 Å². The van der Waals surface area contributed by atoms with Crippen LogP contribution < -0.4 is 10.6 Å². The van der Waals surface area contributed by atoms with Gasteiger partial charge >= 0.3 is 6.03 Å². The first-order chi connectivity index (χ1) is 10.2. The number of aromatic nitrogens is 1. The summed E-state index contributed by atoms with van der Waals surface area (Å²) in [5.41, 5.74) is 0. The van der Waals surface area contributed by atoms with Crippen LogP contribution in [-0.4, -0.2) is 17.1 Å². The lowest BCUT2D eigenvalue weighted by atomic mass is 10.3. The minimum absolute atomic E-state index is 0.191. The molecule has 2 amide bonds. The lowest BCUT2D eigenvalue weighted by Gasteiger charge is -2.11. The standard InChI is InChI=1S/C14H14N4OS2/c1-10(6-7-15)17-14(19)18-12-5-4-11(9-16-12)21-13-3-2-8-20-13/h2-5,8-10H,6H2,1H3,(H2,16,17,18,19)/t10-/m0/s1. The van der Waals surface area contributed by atoms with Crippen LogP contribution in [0, 0.1) is 11.3 Å². The van der Waals surface area contributed by atoms with Crippen molar-refractivity contribution >= 4 is 34.9 Å². The highest BCUT2D eigenvalue weighted by Crippen LogP contribution is 2.30. The van der Waals surface area contributed by atoms with Crippen LogP contribution in [0.15, 0.2) is 44.9 Å². The lowest BCUT2D eigenvalue weighted by molar-refractivity contribution is 0.249. The third-order valence-corrected chi connectivity index (χ3v) is 4.48. The molecule has 2 heterocycles. The number of rotatable bonds is 5. The quantitative estimate of drug-likeness (QED) is 0.880. The first-order valence-electron chi connectivity index (χ1n) is 6.29. The third kappa shape index (κ3) is 5.10. The first kappa shape index (κ1) is 15.4. The van der Waals surface area contributed by atoms with E-state index in [4.69, 9.17) is 5.26 Å². The summed E-state index contributed by atoms with van der Waals surface area (Å²) in [7, 11) is 0. The molecule has 1 atom stereocenters. The Morgan fingerprint density at radius 3 is 3.00 bits per heavy atom. The van der Waals surface area contributed by atoms with Crippen molar-refractivity contribution in [1.29, 1.82) is 5.26 Å². The van der Waals surface area contributed by atoms with Gasteiger partial charge in [0.05, 0.1) is 16.7 Å². The van der Waals surface area contributed by atoms with Crippen LogP contribution in [0.2, 0.25) is 0 Å². The summed E-state index contributed by atoms with van der Waals surface area (Å²) in [6, 6.07) is 9.17. The van der Waals surface area contributed by atoms with E-state index in [0.29, 0.717) is 5.82 Å². The van der Waals surface area contributed by atoms with E-state index in [0.717, 1.165) is 4.90 Å². The lowest BCUT2D eigenvalue weighted by Crippen LogP contribution is -2.36. The van der Waals surface area contributed by atoms with Crippen LogP contribution >= 0.6 is 23.1 Å². The van der Waals surface area contributed by atoms with E-state index < -0.39 is 0 Å². The highest BCUT2D eigenvalue weighted by atomic mass is 32.2. The predicted molar refractivity (Wildman–Crippen MR) is 84.5 cm³/mol. The first-order valence-corrected chi connectivity index (χ1v) is 7.99. The van der Waals surface area contributed by atoms with Gasteiger partial charge in [0.2, 0.25) is 0 Å². The minimum Gasteiger partial charge on any atom is -0.334 e. The second-order valence-electron chi connectivity index (χ2n) is 4.28. The molecule has 0 aliphatic heterocycles. The number of urea groups is 1. The molecule has 2 aromatic rings. The number of carbonyl (C=O) groups is 1. The minimum atomic E-state index is -0.357. The van der Waals surface area contributed by atoms with E-state index in [1.807, 2.05) is 29.6 Å². The molecule has 0 aliphatic rings. The Labute approximate surface area is 131 Å². The molecule has 2 N–H and O–H groups in total. The summed E-state index contributed by atoms with van der Waals surface area (Å²) in [5.74, 6) is 0.479. The van der Waals surface area contributed by atoms with Crippen molar-refractivity contribution in [2.75, 3.05) is 5.32 Å². The highest BCUT2D eigenvalue weighted by Gasteiger charge is 2.07. The maximum absolute atomic E-state index is 11.7. The number of nitrogens with zero attached hydrogens (tertiary/aromatic N) is 2. The maximum atomic E-state index is 11.7. The number of nitriles is 1. The fourth-order valence-corrected chi connectivity index (χ4v) is 3.23. The molecule has 5 nitrogen and oxygen atoms in total. The van der Waals surface area contributed by atoms with Gasteiger partial charge in [-0.25, -0.2) is 9.78 Å². The van der Waals surface area contributed by atoms with E-state index >= 15 is 0 Å². The van der Waals surface area contributed by atoms with Gasteiger partial charge in [-0.2, -0.15) is 5.26 Å². The predicted octanol–water partition coefficient (Wildman–Crippen LogP) is 3.72. The van der Waals surface area contributed by atoms with E-state index in [9.17, 15) is 4.79 Å². The smallest absolute Gasteiger partial charge is 0.320 e. The van der Waals surface area contributed by atoms with Gasteiger partial charge < -0.3 is 5.32 Å². The van der Waals surface area contributed by atoms with Crippen LogP contribution in [0.1, 0.15) is 13.3 Å². The van der Waals surface area contributed by atoms with Crippen LogP contribution in [0.25, 0.3) is 0 Å². The van der Waals surface area contributed by atoms with Gasteiger partial charge in [0.15, 0.2) is 0 Å². The molecule has 108 valence electrons. The van der Waals surface area contributed by atoms with Crippen molar-refractivity contribution in [1.82, 2.24) is 10.3 Å². The topological polar surface area (TPSA) is 77.8 Å². The zero-order chi connectivity index (χ0) is 15.1. The zero-order valence-corrected chi connectivity index (χ0v) is 13.0. The van der Waals surface area contributed by atoms with Crippen molar-refractivity contribution in [3.05, 3.63) is 35.8 Å². The SMILES string of the molecule is C[C@@H](CC#N)NC(=O)Nc1ccc(Sc2cccs2)cn1. The van der Waals surface area contributed by atoms with Gasteiger partial charge in [0, 0.05) is 17.1 Å². The van der Waals surface area contributed by atoms with Crippen molar-refractivity contribution in [3.63, 3.8) is 0 Å². The van der Waals surface area contributed by atoms with Gasteiger partial charge in [0.1, 0.15) is 5.82 Å². The number of amides is 2. The summed E-state index contributed by atoms with van der Waals surface area (Å²) in [6.07, 6.45) is 2.00. The highest BCUT2D eigenvalue weighted by molar-refractivity contribution is 8.01. The van der Waals surface area contributed by atoms with E-state index in [1.165, 1.54) is 4.21 Å². The summed E-state index contributed by atoms with van der Waals surface area (Å²) >= 11 is 3.30. The molecule has 2 rings (SSSR count). The van der Waals surface area contributed by atoms with Crippen LogP contribution in [0.3, 0.4) is 0 Å². The Bertz CT molecular complexity index is 619. The Balaban J connectivity index is 1.87. The molecule has 21 heavy (non-hydrogen) atoms. The third-order valence-electron chi connectivity index (χ3n) is 2.47.